The van der Waals surface area contributed by atoms with Gasteiger partial charge in [-0.25, -0.2) is 4.79 Å². The summed E-state index contributed by atoms with van der Waals surface area (Å²) in [5.41, 5.74) is -0.0538. The molecule has 1 aliphatic rings. The Hall–Kier alpha value is -2.30. The molecule has 0 saturated heterocycles. The van der Waals surface area contributed by atoms with E-state index in [1.165, 1.54) is 13.3 Å². The van der Waals surface area contributed by atoms with Gasteiger partial charge in [-0.1, -0.05) is 0 Å². The first-order valence-electron chi connectivity index (χ1n) is 6.00. The smallest absolute Gasteiger partial charge is 0.341 e. The molecule has 1 saturated carbocycles. The second-order valence-electron chi connectivity index (χ2n) is 4.59. The van der Waals surface area contributed by atoms with Crippen molar-refractivity contribution < 1.29 is 14.6 Å². The monoisotopic (exact) mass is 258 g/mol. The predicted molar refractivity (Wildman–Crippen MR) is 68.8 cm³/mol. The molecular formula is C14H12NO4. The second-order valence-corrected chi connectivity index (χ2v) is 4.59. The van der Waals surface area contributed by atoms with E-state index in [4.69, 9.17) is 9.84 Å². The standard InChI is InChI=1S/C14H12NO4/c1-19-11-4-2-3-9-12(11)15(8-5-6-8)7-10(13(9)16)14(17)18/h2-3,7-8H,5-6H2,1H3,(H,17,18). The van der Waals surface area contributed by atoms with Gasteiger partial charge in [0.25, 0.3) is 0 Å². The Labute approximate surface area is 109 Å². The van der Waals surface area contributed by atoms with Crippen LogP contribution in [0, 0.1) is 6.07 Å². The van der Waals surface area contributed by atoms with Gasteiger partial charge in [0, 0.05) is 18.3 Å². The lowest BCUT2D eigenvalue weighted by Gasteiger charge is -2.13. The van der Waals surface area contributed by atoms with Gasteiger partial charge in [-0.15, -0.1) is 0 Å². The number of aromatic nitrogens is 1. The number of fused-ring (bicyclic) bond motifs is 1. The summed E-state index contributed by atoms with van der Waals surface area (Å²) in [6.45, 7) is 0. The maximum absolute atomic E-state index is 12.2. The van der Waals surface area contributed by atoms with Gasteiger partial charge < -0.3 is 14.4 Å². The van der Waals surface area contributed by atoms with Crippen LogP contribution in [0.25, 0.3) is 10.9 Å². The number of carboxylic acid groups (broad SMARTS) is 1. The highest BCUT2D eigenvalue weighted by Gasteiger charge is 2.27. The number of nitrogens with zero attached hydrogens (tertiary/aromatic N) is 1. The van der Waals surface area contributed by atoms with Crippen molar-refractivity contribution in [2.45, 2.75) is 18.9 Å². The molecular weight excluding hydrogens is 246 g/mol. The van der Waals surface area contributed by atoms with Gasteiger partial charge >= 0.3 is 5.97 Å². The fourth-order valence-electron chi connectivity index (χ4n) is 2.27. The SMILES string of the molecule is COc1[c]ccc2c(=O)c(C(=O)O)cn(C3CC3)c12. The summed E-state index contributed by atoms with van der Waals surface area (Å²) in [7, 11) is 1.51. The van der Waals surface area contributed by atoms with E-state index in [0.29, 0.717) is 16.7 Å². The highest BCUT2D eigenvalue weighted by molar-refractivity contribution is 5.94. The number of methoxy groups -OCH3 is 1. The number of benzene rings is 1. The predicted octanol–water partition coefficient (Wildman–Crippen LogP) is 1.84. The summed E-state index contributed by atoms with van der Waals surface area (Å²) in [5.74, 6) is -0.730. The minimum absolute atomic E-state index is 0.201. The van der Waals surface area contributed by atoms with Crippen LogP contribution in [-0.4, -0.2) is 22.8 Å². The zero-order chi connectivity index (χ0) is 13.6. The van der Waals surface area contributed by atoms with E-state index >= 15 is 0 Å². The number of ether oxygens (including phenoxy) is 1. The quantitative estimate of drug-likeness (QED) is 0.912. The van der Waals surface area contributed by atoms with Crippen molar-refractivity contribution in [3.8, 4) is 5.75 Å². The van der Waals surface area contributed by atoms with Crippen molar-refractivity contribution >= 4 is 16.9 Å². The lowest BCUT2D eigenvalue weighted by Crippen LogP contribution is -2.19. The number of carboxylic acids is 1. The maximum atomic E-state index is 12.2. The molecule has 0 spiro atoms. The fraction of sp³-hybridized carbons (Fsp3) is 0.286. The van der Waals surface area contributed by atoms with Gasteiger partial charge in [-0.05, 0) is 25.0 Å². The minimum atomic E-state index is -1.20. The largest absolute Gasteiger partial charge is 0.494 e. The summed E-state index contributed by atoms with van der Waals surface area (Å²) >= 11 is 0. The van der Waals surface area contributed by atoms with Gasteiger partial charge in [0.05, 0.1) is 18.0 Å². The molecule has 1 N–H and O–H groups in total. The molecule has 2 aromatic rings. The molecule has 0 atom stereocenters. The number of pyridine rings is 1. The van der Waals surface area contributed by atoms with E-state index in [0.717, 1.165) is 12.8 Å². The lowest BCUT2D eigenvalue weighted by molar-refractivity contribution is 0.0695. The Kier molecular flexibility index (Phi) is 2.55. The van der Waals surface area contributed by atoms with Crippen molar-refractivity contribution in [2.24, 2.45) is 0 Å². The third-order valence-corrected chi connectivity index (χ3v) is 3.33. The van der Waals surface area contributed by atoms with Crippen molar-refractivity contribution in [3.63, 3.8) is 0 Å². The van der Waals surface area contributed by atoms with Crippen LogP contribution in [0.15, 0.2) is 23.1 Å². The first kappa shape index (κ1) is 11.8. The van der Waals surface area contributed by atoms with Crippen LogP contribution in [0.3, 0.4) is 0 Å². The molecule has 1 heterocycles. The van der Waals surface area contributed by atoms with Crippen LogP contribution < -0.4 is 10.2 Å². The van der Waals surface area contributed by atoms with Crippen LogP contribution in [0.4, 0.5) is 0 Å². The van der Waals surface area contributed by atoms with Crippen LogP contribution in [0.1, 0.15) is 29.2 Å². The second kappa shape index (κ2) is 4.12. The van der Waals surface area contributed by atoms with E-state index in [-0.39, 0.29) is 11.6 Å². The molecule has 0 aliphatic heterocycles. The first-order valence-corrected chi connectivity index (χ1v) is 6.00. The minimum Gasteiger partial charge on any atom is -0.494 e. The number of hydrogen-bond donors (Lipinski definition) is 1. The summed E-state index contributed by atoms with van der Waals surface area (Å²) in [6.07, 6.45) is 3.38. The highest BCUT2D eigenvalue weighted by Crippen LogP contribution is 2.38. The summed E-state index contributed by atoms with van der Waals surface area (Å²) in [5, 5.41) is 9.49. The van der Waals surface area contributed by atoms with Gasteiger partial charge in [-0.2, -0.15) is 0 Å². The van der Waals surface area contributed by atoms with E-state index in [1.807, 2.05) is 4.57 Å². The van der Waals surface area contributed by atoms with E-state index in [2.05, 4.69) is 6.07 Å². The first-order chi connectivity index (χ1) is 9.13. The van der Waals surface area contributed by atoms with E-state index < -0.39 is 11.4 Å². The molecule has 1 aliphatic carbocycles. The van der Waals surface area contributed by atoms with Crippen LogP contribution in [0.5, 0.6) is 5.75 Å². The Morgan fingerprint density at radius 1 is 1.53 bits per heavy atom. The highest BCUT2D eigenvalue weighted by atomic mass is 16.5. The van der Waals surface area contributed by atoms with Crippen molar-refractivity contribution in [1.82, 2.24) is 4.57 Å². The summed E-state index contributed by atoms with van der Waals surface area (Å²) in [4.78, 5) is 23.3. The molecule has 97 valence electrons. The Balaban J connectivity index is 2.45. The molecule has 0 bridgehead atoms. The van der Waals surface area contributed by atoms with Crippen LogP contribution in [0.2, 0.25) is 0 Å². The Bertz CT molecular complexity index is 728. The Morgan fingerprint density at radius 3 is 2.84 bits per heavy atom. The lowest BCUT2D eigenvalue weighted by atomic mass is 10.1. The van der Waals surface area contributed by atoms with Gasteiger partial charge in [0.2, 0.25) is 5.43 Å². The maximum Gasteiger partial charge on any atom is 0.341 e. The molecule has 5 nitrogen and oxygen atoms in total. The van der Waals surface area contributed by atoms with Gasteiger partial charge in [0.15, 0.2) is 5.75 Å². The topological polar surface area (TPSA) is 68.5 Å². The number of carbonyl (C=O) groups is 1. The van der Waals surface area contributed by atoms with Crippen molar-refractivity contribution in [2.75, 3.05) is 7.11 Å². The number of aromatic carboxylic acids is 1. The fourth-order valence-corrected chi connectivity index (χ4v) is 2.27. The molecule has 0 unspecified atom stereocenters. The average Bonchev–Trinajstić information content (AvgIpc) is 3.22. The molecule has 19 heavy (non-hydrogen) atoms. The summed E-state index contributed by atoms with van der Waals surface area (Å²) in [6, 6.07) is 6.34. The Morgan fingerprint density at radius 2 is 2.26 bits per heavy atom. The third-order valence-electron chi connectivity index (χ3n) is 3.33. The van der Waals surface area contributed by atoms with Crippen molar-refractivity contribution in [1.29, 1.82) is 0 Å². The van der Waals surface area contributed by atoms with Crippen molar-refractivity contribution in [3.05, 3.63) is 40.2 Å². The van der Waals surface area contributed by atoms with E-state index in [1.54, 1.807) is 12.1 Å². The molecule has 5 heteroatoms. The molecule has 1 fully saturated rings. The third kappa shape index (κ3) is 1.78. The van der Waals surface area contributed by atoms with Crippen LogP contribution in [-0.2, 0) is 0 Å². The molecule has 1 aromatic carbocycles. The normalized spacial score (nSPS) is 14.6. The van der Waals surface area contributed by atoms with E-state index in [9.17, 15) is 9.59 Å². The average molecular weight is 258 g/mol. The molecule has 0 amide bonds. The molecule has 3 rings (SSSR count). The molecule has 1 radical (unpaired) electrons. The van der Waals surface area contributed by atoms with Gasteiger partial charge in [-0.3, -0.25) is 4.79 Å². The van der Waals surface area contributed by atoms with Crippen LogP contribution >= 0.6 is 0 Å². The zero-order valence-corrected chi connectivity index (χ0v) is 10.3. The number of hydrogen-bond acceptors (Lipinski definition) is 3. The molecule has 1 aromatic heterocycles. The zero-order valence-electron chi connectivity index (χ0n) is 10.3. The summed E-state index contributed by atoms with van der Waals surface area (Å²) < 4.78 is 7.07. The number of rotatable bonds is 3. The van der Waals surface area contributed by atoms with Gasteiger partial charge in [0.1, 0.15) is 5.56 Å².